The minimum absolute atomic E-state index is 0.0206. The van der Waals surface area contributed by atoms with Crippen molar-refractivity contribution in [2.45, 2.75) is 57.3 Å². The molecule has 38 heavy (non-hydrogen) atoms. The summed E-state index contributed by atoms with van der Waals surface area (Å²) in [5.74, 6) is -0.566. The van der Waals surface area contributed by atoms with Crippen molar-refractivity contribution in [1.82, 2.24) is 14.5 Å². The van der Waals surface area contributed by atoms with Gasteiger partial charge in [0.15, 0.2) is 17.9 Å². The summed E-state index contributed by atoms with van der Waals surface area (Å²) in [5, 5.41) is 15.4. The first-order chi connectivity index (χ1) is 17.8. The van der Waals surface area contributed by atoms with E-state index >= 15 is 0 Å². The zero-order chi connectivity index (χ0) is 27.7. The first-order valence-electron chi connectivity index (χ1n) is 12.1. The maximum Gasteiger partial charge on any atom is 0.281 e. The molecule has 0 aliphatic carbocycles. The molecule has 2 aromatic rings. The van der Waals surface area contributed by atoms with E-state index in [1.165, 1.54) is 16.8 Å². The molecule has 2 aliphatic rings. The van der Waals surface area contributed by atoms with Crippen molar-refractivity contribution < 1.29 is 31.4 Å². The van der Waals surface area contributed by atoms with Crippen molar-refractivity contribution >= 4 is 37.3 Å². The van der Waals surface area contributed by atoms with Gasteiger partial charge in [-0.3, -0.25) is 14.2 Å². The molecule has 0 unspecified atom stereocenters. The van der Waals surface area contributed by atoms with Crippen molar-refractivity contribution in [1.29, 1.82) is 0 Å². The van der Waals surface area contributed by atoms with Gasteiger partial charge in [-0.2, -0.15) is 5.10 Å². The number of hydrogen-bond donors (Lipinski definition) is 3. The van der Waals surface area contributed by atoms with Gasteiger partial charge in [0.25, 0.3) is 15.6 Å². The van der Waals surface area contributed by atoms with Crippen LogP contribution in [0.5, 0.6) is 5.75 Å². The van der Waals surface area contributed by atoms with Crippen LogP contribution < -0.4 is 15.0 Å². The van der Waals surface area contributed by atoms with Crippen LogP contribution in [-0.2, 0) is 42.5 Å². The first kappa shape index (κ1) is 28.0. The minimum atomic E-state index is -4.27. The van der Waals surface area contributed by atoms with Crippen molar-refractivity contribution in [2.75, 3.05) is 24.2 Å². The summed E-state index contributed by atoms with van der Waals surface area (Å²) < 4.78 is 66.2. The van der Waals surface area contributed by atoms with E-state index in [0.29, 0.717) is 26.1 Å². The van der Waals surface area contributed by atoms with Gasteiger partial charge in [0, 0.05) is 25.1 Å². The molecule has 0 radical (unpaired) electrons. The van der Waals surface area contributed by atoms with Gasteiger partial charge in [-0.25, -0.2) is 26.5 Å². The Morgan fingerprint density at radius 2 is 1.97 bits per heavy atom. The third kappa shape index (κ3) is 6.51. The minimum Gasteiger partial charge on any atom is -0.505 e. The summed E-state index contributed by atoms with van der Waals surface area (Å²) in [7, 11) is -7.91. The lowest BCUT2D eigenvalue weighted by Gasteiger charge is -2.23. The van der Waals surface area contributed by atoms with Crippen molar-refractivity contribution in [3.63, 3.8) is 0 Å². The predicted octanol–water partition coefficient (Wildman–Crippen LogP) is 1.43. The number of sulfonamides is 2. The molecule has 3 heterocycles. The van der Waals surface area contributed by atoms with Gasteiger partial charge < -0.3 is 14.6 Å². The van der Waals surface area contributed by atoms with E-state index < -0.39 is 37.6 Å². The molecule has 3 N–H and O–H groups in total. The highest BCUT2D eigenvalue weighted by Crippen LogP contribution is 2.33. The topological polar surface area (TPSA) is 178 Å². The van der Waals surface area contributed by atoms with E-state index in [0.717, 1.165) is 18.7 Å². The number of fused-ring (bicyclic) bond motifs is 1. The molecule has 2 aliphatic heterocycles. The fraction of sp³-hybridized carbons (Fsp3) is 0.522. The van der Waals surface area contributed by atoms with Gasteiger partial charge in [0.05, 0.1) is 25.2 Å². The van der Waals surface area contributed by atoms with E-state index in [2.05, 4.69) is 19.5 Å². The van der Waals surface area contributed by atoms with Crippen molar-refractivity contribution in [3.8, 4) is 5.75 Å². The summed E-state index contributed by atoms with van der Waals surface area (Å²) in [6, 6.07) is 3.79. The molecule has 1 saturated heterocycles. The van der Waals surface area contributed by atoms with Gasteiger partial charge in [-0.1, -0.05) is 13.8 Å². The van der Waals surface area contributed by atoms with E-state index in [1.807, 2.05) is 13.8 Å². The number of benzene rings is 1. The standard InChI is InChI=1S/C23H31N5O8S2/c1-14(2)9-10-28-23(30)20(21(29)17(25-28)7-8-19-35-11-4-12-36-19)22-24-16-6-5-15(26-37(3,31)32)13-18(16)38(33,34)27-22/h5-6,13-14,19,26,29H,4,7-12H2,1-3H3,(H,24,27). The Labute approximate surface area is 221 Å². The maximum atomic E-state index is 13.4. The van der Waals surface area contributed by atoms with Crippen LogP contribution in [0.3, 0.4) is 0 Å². The fourth-order valence-electron chi connectivity index (χ4n) is 4.02. The van der Waals surface area contributed by atoms with Crippen LogP contribution in [0, 0.1) is 5.92 Å². The smallest absolute Gasteiger partial charge is 0.281 e. The predicted molar refractivity (Wildman–Crippen MR) is 140 cm³/mol. The Balaban J connectivity index is 1.77. The molecule has 4 rings (SSSR count). The average Bonchev–Trinajstić information content (AvgIpc) is 2.83. The summed E-state index contributed by atoms with van der Waals surface area (Å²) >= 11 is 0. The molecule has 0 bridgehead atoms. The molecule has 0 saturated carbocycles. The van der Waals surface area contributed by atoms with Crippen LogP contribution >= 0.6 is 0 Å². The molecule has 0 spiro atoms. The van der Waals surface area contributed by atoms with Gasteiger partial charge in [0.1, 0.15) is 16.2 Å². The fourth-order valence-corrected chi connectivity index (χ4v) is 5.76. The Hall–Kier alpha value is -3.01. The SMILES string of the molecule is CC(C)CCn1nc(CCC2OCCCO2)c(O)c(C2=Nc3ccc(NS(C)(=O)=O)cc3S(=O)(=O)N2)c1=O. The molecule has 0 amide bonds. The monoisotopic (exact) mass is 569 g/mol. The zero-order valence-corrected chi connectivity index (χ0v) is 22.9. The summed E-state index contributed by atoms with van der Waals surface area (Å²) in [5.41, 5.74) is -0.823. The number of hydrogen-bond acceptors (Lipinski definition) is 10. The summed E-state index contributed by atoms with van der Waals surface area (Å²) in [4.78, 5) is 17.4. The Morgan fingerprint density at radius 3 is 2.63 bits per heavy atom. The average molecular weight is 570 g/mol. The number of aryl methyl sites for hydroxylation is 2. The highest BCUT2D eigenvalue weighted by atomic mass is 32.2. The normalized spacial score (nSPS) is 17.5. The molecule has 208 valence electrons. The van der Waals surface area contributed by atoms with Crippen LogP contribution in [0.15, 0.2) is 32.9 Å². The van der Waals surface area contributed by atoms with E-state index in [1.54, 1.807) is 0 Å². The van der Waals surface area contributed by atoms with E-state index in [4.69, 9.17) is 9.47 Å². The molecular formula is C23H31N5O8S2. The lowest BCUT2D eigenvalue weighted by molar-refractivity contribution is -0.180. The molecule has 0 atom stereocenters. The third-order valence-corrected chi connectivity index (χ3v) is 7.86. The molecule has 1 aromatic heterocycles. The highest BCUT2D eigenvalue weighted by Gasteiger charge is 2.31. The maximum absolute atomic E-state index is 13.4. The largest absolute Gasteiger partial charge is 0.505 e. The molecule has 1 aromatic carbocycles. The lowest BCUT2D eigenvalue weighted by atomic mass is 10.1. The first-order valence-corrected chi connectivity index (χ1v) is 15.5. The van der Waals surface area contributed by atoms with Crippen molar-refractivity contribution in [3.05, 3.63) is 39.8 Å². The summed E-state index contributed by atoms with van der Waals surface area (Å²) in [6.07, 6.45) is 2.47. The molecule has 13 nitrogen and oxygen atoms in total. The number of ether oxygens (including phenoxy) is 2. The van der Waals surface area contributed by atoms with Crippen LogP contribution in [0.25, 0.3) is 0 Å². The number of aliphatic imine (C=N–C) groups is 1. The number of aromatic hydroxyl groups is 1. The number of nitrogens with one attached hydrogen (secondary N) is 2. The van der Waals surface area contributed by atoms with E-state index in [-0.39, 0.29) is 52.2 Å². The molecule has 1 fully saturated rings. The van der Waals surface area contributed by atoms with E-state index in [9.17, 15) is 26.7 Å². The molecule has 15 heteroatoms. The quantitative estimate of drug-likeness (QED) is 0.403. The number of anilines is 1. The molecular weight excluding hydrogens is 538 g/mol. The van der Waals surface area contributed by atoms with Crippen LogP contribution in [0.4, 0.5) is 11.4 Å². The third-order valence-electron chi connectivity index (χ3n) is 5.88. The number of rotatable bonds is 9. The lowest BCUT2D eigenvalue weighted by Crippen LogP contribution is -2.40. The van der Waals surface area contributed by atoms with Crippen LogP contribution in [0.2, 0.25) is 0 Å². The van der Waals surface area contributed by atoms with Gasteiger partial charge in [-0.15, -0.1) is 0 Å². The second-order valence-corrected chi connectivity index (χ2v) is 13.0. The van der Waals surface area contributed by atoms with Gasteiger partial charge in [0.2, 0.25) is 10.0 Å². The number of nitrogens with zero attached hydrogens (tertiary/aromatic N) is 3. The highest BCUT2D eigenvalue weighted by molar-refractivity contribution is 7.92. The van der Waals surface area contributed by atoms with Crippen LogP contribution in [-0.4, -0.2) is 63.3 Å². The number of amidine groups is 1. The second kappa shape index (κ2) is 11.0. The Kier molecular flexibility index (Phi) is 8.11. The van der Waals surface area contributed by atoms with Crippen molar-refractivity contribution in [2.24, 2.45) is 10.9 Å². The zero-order valence-electron chi connectivity index (χ0n) is 21.3. The Bertz CT molecular complexity index is 1510. The Morgan fingerprint density at radius 1 is 1.26 bits per heavy atom. The second-order valence-electron chi connectivity index (χ2n) is 9.57. The van der Waals surface area contributed by atoms with Gasteiger partial charge >= 0.3 is 0 Å². The van der Waals surface area contributed by atoms with Crippen LogP contribution in [0.1, 0.15) is 44.4 Å². The van der Waals surface area contributed by atoms with Gasteiger partial charge in [-0.05, 0) is 37.0 Å². The number of aromatic nitrogens is 2. The summed E-state index contributed by atoms with van der Waals surface area (Å²) in [6.45, 7) is 5.36.